The first-order valence-electron chi connectivity index (χ1n) is 3.85. The summed E-state index contributed by atoms with van der Waals surface area (Å²) in [7, 11) is 1.48. The normalized spacial score (nSPS) is 9.77. The summed E-state index contributed by atoms with van der Waals surface area (Å²) in [6.45, 7) is 0. The zero-order chi connectivity index (χ0) is 9.84. The van der Waals surface area contributed by atoms with E-state index in [1.807, 2.05) is 0 Å². The fourth-order valence-electron chi connectivity index (χ4n) is 0.902. The number of likely N-dealkylation sites (N-methyl/N-ethyl adjacent to an activating group) is 1. The van der Waals surface area contributed by atoms with E-state index in [0.29, 0.717) is 0 Å². The van der Waals surface area contributed by atoms with Gasteiger partial charge in [-0.05, 0) is 17.7 Å². The minimum Gasteiger partial charge on any atom is -0.284 e. The van der Waals surface area contributed by atoms with E-state index >= 15 is 0 Å². The summed E-state index contributed by atoms with van der Waals surface area (Å²) in [6, 6.07) is 5.77. The second kappa shape index (κ2) is 4.00. The van der Waals surface area contributed by atoms with E-state index in [1.54, 1.807) is 12.1 Å². The Morgan fingerprint density at radius 1 is 1.46 bits per heavy atom. The molecule has 0 saturated heterocycles. The Kier molecular flexibility index (Phi) is 2.97. The van der Waals surface area contributed by atoms with Crippen molar-refractivity contribution >= 4 is 5.91 Å². The summed E-state index contributed by atoms with van der Waals surface area (Å²) in [5.74, 6) is 4.71. The standard InChI is InChI=1S/C9H11FN2O/c1-12(11)9(13)6-7-2-4-8(10)5-3-7/h2-5H,6,11H2,1H3. The van der Waals surface area contributed by atoms with E-state index in [9.17, 15) is 9.18 Å². The molecular formula is C9H11FN2O. The van der Waals surface area contributed by atoms with Crippen molar-refractivity contribution in [1.82, 2.24) is 5.01 Å². The van der Waals surface area contributed by atoms with Crippen LogP contribution in [0.15, 0.2) is 24.3 Å². The van der Waals surface area contributed by atoms with Crippen LogP contribution in [0.3, 0.4) is 0 Å². The first kappa shape index (κ1) is 9.67. The summed E-state index contributed by atoms with van der Waals surface area (Å²) in [6.07, 6.45) is 0.202. The monoisotopic (exact) mass is 182 g/mol. The molecule has 0 spiro atoms. The van der Waals surface area contributed by atoms with E-state index in [2.05, 4.69) is 0 Å². The largest absolute Gasteiger partial charge is 0.284 e. The van der Waals surface area contributed by atoms with Crippen LogP contribution < -0.4 is 5.84 Å². The van der Waals surface area contributed by atoms with Crippen molar-refractivity contribution in [2.24, 2.45) is 5.84 Å². The lowest BCUT2D eigenvalue weighted by atomic mass is 10.1. The van der Waals surface area contributed by atoms with Crippen molar-refractivity contribution in [3.05, 3.63) is 35.6 Å². The van der Waals surface area contributed by atoms with E-state index in [1.165, 1.54) is 19.2 Å². The smallest absolute Gasteiger partial charge is 0.240 e. The maximum atomic E-state index is 12.5. The van der Waals surface area contributed by atoms with Gasteiger partial charge in [-0.3, -0.25) is 9.80 Å². The lowest BCUT2D eigenvalue weighted by Crippen LogP contribution is -2.34. The maximum Gasteiger partial charge on any atom is 0.240 e. The molecule has 0 aliphatic heterocycles. The van der Waals surface area contributed by atoms with Crippen molar-refractivity contribution < 1.29 is 9.18 Å². The quantitative estimate of drug-likeness (QED) is 0.416. The van der Waals surface area contributed by atoms with Gasteiger partial charge in [-0.15, -0.1) is 0 Å². The molecule has 1 aromatic carbocycles. The lowest BCUT2D eigenvalue weighted by molar-refractivity contribution is -0.129. The van der Waals surface area contributed by atoms with Crippen molar-refractivity contribution in [3.8, 4) is 0 Å². The Balaban J connectivity index is 2.65. The third-order valence-electron chi connectivity index (χ3n) is 1.66. The van der Waals surface area contributed by atoms with Gasteiger partial charge in [-0.2, -0.15) is 0 Å². The number of rotatable bonds is 2. The first-order valence-corrected chi connectivity index (χ1v) is 3.85. The van der Waals surface area contributed by atoms with Gasteiger partial charge in [-0.1, -0.05) is 12.1 Å². The highest BCUT2D eigenvalue weighted by atomic mass is 19.1. The highest BCUT2D eigenvalue weighted by Crippen LogP contribution is 2.03. The average molecular weight is 182 g/mol. The van der Waals surface area contributed by atoms with Crippen molar-refractivity contribution in [1.29, 1.82) is 0 Å². The first-order chi connectivity index (χ1) is 6.09. The summed E-state index contributed by atoms with van der Waals surface area (Å²) >= 11 is 0. The van der Waals surface area contributed by atoms with Crippen molar-refractivity contribution in [2.45, 2.75) is 6.42 Å². The summed E-state index contributed by atoms with van der Waals surface area (Å²) in [4.78, 5) is 11.1. The number of nitrogens with zero attached hydrogens (tertiary/aromatic N) is 1. The average Bonchev–Trinajstić information content (AvgIpc) is 2.08. The molecule has 0 saturated carbocycles. The molecule has 3 nitrogen and oxygen atoms in total. The van der Waals surface area contributed by atoms with Crippen molar-refractivity contribution in [3.63, 3.8) is 0 Å². The van der Waals surface area contributed by atoms with Crippen LogP contribution in [-0.4, -0.2) is 18.0 Å². The molecule has 1 rings (SSSR count). The number of nitrogens with two attached hydrogens (primary N) is 1. The number of hydrogen-bond donors (Lipinski definition) is 1. The third kappa shape index (κ3) is 2.83. The number of hydrogen-bond acceptors (Lipinski definition) is 2. The topological polar surface area (TPSA) is 46.3 Å². The molecule has 0 bridgehead atoms. The SMILES string of the molecule is CN(N)C(=O)Cc1ccc(F)cc1. The molecule has 0 aliphatic rings. The van der Waals surface area contributed by atoms with Crippen molar-refractivity contribution in [2.75, 3.05) is 7.05 Å². The van der Waals surface area contributed by atoms with Crippen LogP contribution in [0, 0.1) is 5.82 Å². The van der Waals surface area contributed by atoms with Gasteiger partial charge in [0, 0.05) is 7.05 Å². The third-order valence-corrected chi connectivity index (χ3v) is 1.66. The Morgan fingerprint density at radius 2 is 2.00 bits per heavy atom. The van der Waals surface area contributed by atoms with Crippen LogP contribution in [0.4, 0.5) is 4.39 Å². The molecule has 70 valence electrons. The van der Waals surface area contributed by atoms with Crippen LogP contribution in [0.5, 0.6) is 0 Å². The van der Waals surface area contributed by atoms with E-state index in [0.717, 1.165) is 10.6 Å². The minimum atomic E-state index is -0.308. The van der Waals surface area contributed by atoms with Gasteiger partial charge < -0.3 is 0 Å². The van der Waals surface area contributed by atoms with E-state index in [-0.39, 0.29) is 18.1 Å². The molecule has 0 unspecified atom stereocenters. The van der Waals surface area contributed by atoms with Crippen LogP contribution in [0.25, 0.3) is 0 Å². The number of carbonyl (C=O) groups excluding carboxylic acids is 1. The Labute approximate surface area is 75.9 Å². The highest BCUT2D eigenvalue weighted by Gasteiger charge is 2.05. The van der Waals surface area contributed by atoms with Gasteiger partial charge in [0.1, 0.15) is 5.82 Å². The zero-order valence-corrected chi connectivity index (χ0v) is 7.33. The van der Waals surface area contributed by atoms with Gasteiger partial charge in [0.15, 0.2) is 0 Å². The van der Waals surface area contributed by atoms with Crippen LogP contribution in [-0.2, 0) is 11.2 Å². The number of carbonyl (C=O) groups is 1. The molecule has 0 aliphatic carbocycles. The zero-order valence-electron chi connectivity index (χ0n) is 7.33. The lowest BCUT2D eigenvalue weighted by Gasteiger charge is -2.09. The Bertz CT molecular complexity index is 295. The Hall–Kier alpha value is -1.42. The number of halogens is 1. The molecule has 0 aromatic heterocycles. The molecule has 1 amide bonds. The maximum absolute atomic E-state index is 12.5. The van der Waals surface area contributed by atoms with E-state index in [4.69, 9.17) is 5.84 Å². The molecular weight excluding hydrogens is 171 g/mol. The fraction of sp³-hybridized carbons (Fsp3) is 0.222. The molecule has 0 fully saturated rings. The minimum absolute atomic E-state index is 0.202. The predicted molar refractivity (Wildman–Crippen MR) is 47.1 cm³/mol. The number of amides is 1. The predicted octanol–water partition coefficient (Wildman–Crippen LogP) is 0.700. The van der Waals surface area contributed by atoms with Gasteiger partial charge >= 0.3 is 0 Å². The fourth-order valence-corrected chi connectivity index (χ4v) is 0.902. The second-order valence-corrected chi connectivity index (χ2v) is 2.81. The molecule has 0 heterocycles. The van der Waals surface area contributed by atoms with Crippen LogP contribution in [0.1, 0.15) is 5.56 Å². The van der Waals surface area contributed by atoms with Gasteiger partial charge in [0.05, 0.1) is 6.42 Å². The van der Waals surface area contributed by atoms with Gasteiger partial charge in [0.25, 0.3) is 0 Å². The van der Waals surface area contributed by atoms with E-state index < -0.39 is 0 Å². The van der Waals surface area contributed by atoms with Gasteiger partial charge in [0.2, 0.25) is 5.91 Å². The summed E-state index contributed by atoms with van der Waals surface area (Å²) < 4.78 is 12.5. The summed E-state index contributed by atoms with van der Waals surface area (Å²) in [5, 5.41) is 1.02. The number of benzene rings is 1. The molecule has 4 heteroatoms. The molecule has 0 radical (unpaired) electrons. The Morgan fingerprint density at radius 3 is 2.46 bits per heavy atom. The number of hydrazine groups is 1. The van der Waals surface area contributed by atoms with Gasteiger partial charge in [-0.25, -0.2) is 10.2 Å². The van der Waals surface area contributed by atoms with Crippen LogP contribution >= 0.6 is 0 Å². The summed E-state index contributed by atoms with van der Waals surface area (Å²) in [5.41, 5.74) is 0.753. The molecule has 0 atom stereocenters. The molecule has 13 heavy (non-hydrogen) atoms. The highest BCUT2D eigenvalue weighted by molar-refractivity contribution is 5.77. The molecule has 2 N–H and O–H groups in total. The molecule has 1 aromatic rings. The van der Waals surface area contributed by atoms with Crippen LogP contribution in [0.2, 0.25) is 0 Å². The second-order valence-electron chi connectivity index (χ2n) is 2.81.